The van der Waals surface area contributed by atoms with E-state index in [1.165, 1.54) is 11.8 Å². The highest BCUT2D eigenvalue weighted by Crippen LogP contribution is 2.33. The Balaban J connectivity index is 1.40. The molecule has 166 valence electrons. The lowest BCUT2D eigenvalue weighted by molar-refractivity contribution is 0.0625. The van der Waals surface area contributed by atoms with Crippen LogP contribution in [0.5, 0.6) is 0 Å². The Labute approximate surface area is 197 Å². The first-order valence-electron chi connectivity index (χ1n) is 10.7. The molecule has 33 heavy (non-hydrogen) atoms. The molecule has 1 fully saturated rings. The molecule has 1 saturated heterocycles. The molecule has 0 atom stereocenters. The summed E-state index contributed by atoms with van der Waals surface area (Å²) in [5, 5.41) is 9.38. The maximum Gasteiger partial charge on any atom is 0.255 e. The first kappa shape index (κ1) is 22.6. The number of nitrogens with two attached hydrogens (primary N) is 1. The van der Waals surface area contributed by atoms with E-state index in [9.17, 15) is 14.9 Å². The fraction of sp³-hybridized carbons (Fsp3) is 0.192. The molecule has 2 N–H and O–H groups in total. The minimum absolute atomic E-state index is 0.0120. The molecular weight excluding hydrogens is 432 g/mol. The van der Waals surface area contributed by atoms with Gasteiger partial charge < -0.3 is 10.6 Å². The van der Waals surface area contributed by atoms with Crippen molar-refractivity contribution < 1.29 is 9.59 Å². The average Bonchev–Trinajstić information content (AvgIpc) is 2.85. The van der Waals surface area contributed by atoms with E-state index in [4.69, 9.17) is 5.73 Å². The second kappa shape index (κ2) is 10.3. The van der Waals surface area contributed by atoms with Gasteiger partial charge in [0.2, 0.25) is 5.91 Å². The Bertz CT molecular complexity index is 1200. The van der Waals surface area contributed by atoms with Crippen LogP contribution >= 0.6 is 11.8 Å². The minimum Gasteiger partial charge on any atom is -0.366 e. The van der Waals surface area contributed by atoms with Crippen LogP contribution in [0.15, 0.2) is 82.6 Å². The lowest BCUT2D eigenvalue weighted by Gasteiger charge is -2.35. The second-order valence-corrected chi connectivity index (χ2v) is 8.92. The third-order valence-electron chi connectivity index (χ3n) is 5.65. The maximum absolute atomic E-state index is 13.3. The number of amides is 2. The zero-order valence-electron chi connectivity index (χ0n) is 18.1. The molecule has 0 aliphatic carbocycles. The Hall–Kier alpha value is -3.60. The average molecular weight is 457 g/mol. The third-order valence-corrected chi connectivity index (χ3v) is 6.80. The van der Waals surface area contributed by atoms with Gasteiger partial charge in [0.1, 0.15) is 6.07 Å². The van der Waals surface area contributed by atoms with Crippen molar-refractivity contribution in [2.75, 3.05) is 26.2 Å². The number of piperazine rings is 1. The van der Waals surface area contributed by atoms with Crippen LogP contribution in [0.1, 0.15) is 31.8 Å². The first-order chi connectivity index (χ1) is 16.0. The molecule has 6 nitrogen and oxygen atoms in total. The SMILES string of the molecule is N#Cc1ccccc1Sc1ccccc1C(=O)N1CCN(Cc2ccc(C(N)=O)cc2)CC1. The van der Waals surface area contributed by atoms with Gasteiger partial charge in [-0.1, -0.05) is 48.2 Å². The highest BCUT2D eigenvalue weighted by Gasteiger charge is 2.24. The van der Waals surface area contributed by atoms with Crippen molar-refractivity contribution in [2.24, 2.45) is 5.73 Å². The minimum atomic E-state index is -0.428. The van der Waals surface area contributed by atoms with Crippen LogP contribution in [0.3, 0.4) is 0 Å². The molecule has 3 aromatic carbocycles. The standard InChI is InChI=1S/C26H24N4O2S/c27-17-21-5-1-3-7-23(21)33-24-8-4-2-6-22(24)26(32)30-15-13-29(14-16-30)18-19-9-11-20(12-10-19)25(28)31/h1-12H,13-16,18H2,(H2,28,31). The molecule has 0 saturated carbocycles. The lowest BCUT2D eigenvalue weighted by atomic mass is 10.1. The van der Waals surface area contributed by atoms with Gasteiger partial charge in [0.15, 0.2) is 0 Å². The van der Waals surface area contributed by atoms with E-state index in [-0.39, 0.29) is 5.91 Å². The van der Waals surface area contributed by atoms with Crippen molar-refractivity contribution >= 4 is 23.6 Å². The van der Waals surface area contributed by atoms with Gasteiger partial charge in [-0.3, -0.25) is 14.5 Å². The summed E-state index contributed by atoms with van der Waals surface area (Å²) in [6.07, 6.45) is 0. The van der Waals surface area contributed by atoms with E-state index in [1.807, 2.05) is 59.5 Å². The Morgan fingerprint density at radius 3 is 2.18 bits per heavy atom. The Kier molecular flexibility index (Phi) is 7.08. The van der Waals surface area contributed by atoms with Crippen molar-refractivity contribution in [3.63, 3.8) is 0 Å². The fourth-order valence-electron chi connectivity index (χ4n) is 3.81. The van der Waals surface area contributed by atoms with E-state index in [0.717, 1.165) is 35.0 Å². The van der Waals surface area contributed by atoms with Crippen LogP contribution in [0.25, 0.3) is 0 Å². The number of carbonyl (C=O) groups is 2. The number of rotatable bonds is 6. The van der Waals surface area contributed by atoms with Crippen molar-refractivity contribution in [3.8, 4) is 6.07 Å². The summed E-state index contributed by atoms with van der Waals surface area (Å²) in [5.74, 6) is -0.416. The summed E-state index contributed by atoms with van der Waals surface area (Å²) < 4.78 is 0. The van der Waals surface area contributed by atoms with Gasteiger partial charge in [-0.05, 0) is 42.0 Å². The normalized spacial score (nSPS) is 14.0. The Morgan fingerprint density at radius 1 is 0.879 bits per heavy atom. The van der Waals surface area contributed by atoms with Gasteiger partial charge in [0.05, 0.1) is 11.1 Å². The van der Waals surface area contributed by atoms with Gasteiger partial charge in [-0.2, -0.15) is 5.26 Å². The fourth-order valence-corrected chi connectivity index (χ4v) is 4.83. The highest BCUT2D eigenvalue weighted by atomic mass is 32.2. The van der Waals surface area contributed by atoms with E-state index in [1.54, 1.807) is 18.2 Å². The highest BCUT2D eigenvalue weighted by molar-refractivity contribution is 7.99. The zero-order chi connectivity index (χ0) is 23.2. The number of hydrogen-bond donors (Lipinski definition) is 1. The molecule has 0 spiro atoms. The molecule has 0 unspecified atom stereocenters. The van der Waals surface area contributed by atoms with Gasteiger partial charge >= 0.3 is 0 Å². The predicted molar refractivity (Wildman–Crippen MR) is 128 cm³/mol. The Morgan fingerprint density at radius 2 is 1.52 bits per heavy atom. The molecule has 4 rings (SSSR count). The number of primary amides is 1. The second-order valence-electron chi connectivity index (χ2n) is 7.84. The summed E-state index contributed by atoms with van der Waals surface area (Å²) in [6.45, 7) is 3.60. The topological polar surface area (TPSA) is 90.4 Å². The zero-order valence-corrected chi connectivity index (χ0v) is 18.9. The van der Waals surface area contributed by atoms with E-state index in [0.29, 0.717) is 29.8 Å². The van der Waals surface area contributed by atoms with Crippen LogP contribution in [-0.4, -0.2) is 47.8 Å². The van der Waals surface area contributed by atoms with E-state index in [2.05, 4.69) is 11.0 Å². The molecule has 7 heteroatoms. The third kappa shape index (κ3) is 5.43. The largest absolute Gasteiger partial charge is 0.366 e. The molecule has 3 aromatic rings. The molecule has 1 aliphatic rings. The molecule has 1 heterocycles. The van der Waals surface area contributed by atoms with Crippen LogP contribution in [0, 0.1) is 11.3 Å². The van der Waals surface area contributed by atoms with Gasteiger partial charge in [0.25, 0.3) is 5.91 Å². The predicted octanol–water partition coefficient (Wildman–Crippen LogP) is 3.77. The number of carbonyl (C=O) groups excluding carboxylic acids is 2. The van der Waals surface area contributed by atoms with Crippen LogP contribution < -0.4 is 5.73 Å². The summed E-state index contributed by atoms with van der Waals surface area (Å²) >= 11 is 1.45. The first-order valence-corrected chi connectivity index (χ1v) is 11.5. The smallest absolute Gasteiger partial charge is 0.255 e. The molecule has 0 radical (unpaired) electrons. The molecule has 2 amide bonds. The lowest BCUT2D eigenvalue weighted by Crippen LogP contribution is -2.48. The van der Waals surface area contributed by atoms with Gasteiger partial charge in [-0.15, -0.1) is 0 Å². The van der Waals surface area contributed by atoms with Crippen molar-refractivity contribution in [2.45, 2.75) is 16.3 Å². The van der Waals surface area contributed by atoms with E-state index >= 15 is 0 Å². The summed E-state index contributed by atoms with van der Waals surface area (Å²) in [7, 11) is 0. The molecule has 0 aromatic heterocycles. The summed E-state index contributed by atoms with van der Waals surface area (Å²) in [5.41, 5.74) is 8.17. The van der Waals surface area contributed by atoms with Crippen LogP contribution in [-0.2, 0) is 6.54 Å². The summed E-state index contributed by atoms with van der Waals surface area (Å²) in [4.78, 5) is 30.4. The quantitative estimate of drug-likeness (QED) is 0.610. The van der Waals surface area contributed by atoms with Gasteiger partial charge in [-0.25, -0.2) is 0 Å². The van der Waals surface area contributed by atoms with Crippen LogP contribution in [0.4, 0.5) is 0 Å². The summed E-state index contributed by atoms with van der Waals surface area (Å²) in [6, 6.07) is 24.5. The number of nitrogens with zero attached hydrogens (tertiary/aromatic N) is 3. The monoisotopic (exact) mass is 456 g/mol. The number of benzene rings is 3. The number of hydrogen-bond acceptors (Lipinski definition) is 5. The van der Waals surface area contributed by atoms with Crippen molar-refractivity contribution in [1.82, 2.24) is 9.80 Å². The molecular formula is C26H24N4O2S. The maximum atomic E-state index is 13.3. The van der Waals surface area contributed by atoms with Crippen LogP contribution in [0.2, 0.25) is 0 Å². The number of nitriles is 1. The van der Waals surface area contributed by atoms with E-state index < -0.39 is 5.91 Å². The molecule has 1 aliphatic heterocycles. The van der Waals surface area contributed by atoms with Crippen molar-refractivity contribution in [3.05, 3.63) is 95.1 Å². The van der Waals surface area contributed by atoms with Crippen molar-refractivity contribution in [1.29, 1.82) is 5.26 Å². The van der Waals surface area contributed by atoms with Gasteiger partial charge in [0, 0.05) is 48.1 Å². The molecule has 0 bridgehead atoms.